The van der Waals surface area contributed by atoms with Crippen molar-refractivity contribution < 1.29 is 4.79 Å². The van der Waals surface area contributed by atoms with Gasteiger partial charge < -0.3 is 9.80 Å². The molecule has 1 saturated heterocycles. The van der Waals surface area contributed by atoms with Crippen LogP contribution in [-0.2, 0) is 0 Å². The highest BCUT2D eigenvalue weighted by Gasteiger charge is 2.22. The Morgan fingerprint density at radius 3 is 2.22 bits per heavy atom. The van der Waals surface area contributed by atoms with E-state index in [0.29, 0.717) is 18.7 Å². The summed E-state index contributed by atoms with van der Waals surface area (Å²) in [5, 5.41) is 0.727. The molecule has 0 unspecified atom stereocenters. The first-order valence-electron chi connectivity index (χ1n) is 8.72. The highest BCUT2D eigenvalue weighted by molar-refractivity contribution is 6.30. The van der Waals surface area contributed by atoms with Crippen LogP contribution in [0.4, 0.5) is 5.69 Å². The number of hydrogen-bond donors (Lipinski definition) is 0. The summed E-state index contributed by atoms with van der Waals surface area (Å²) in [6.07, 6.45) is 6.50. The zero-order valence-electron chi connectivity index (χ0n) is 14.6. The fraction of sp³-hybridized carbons (Fsp3) is 0.200. The Balaban J connectivity index is 1.40. The molecule has 0 atom stereocenters. The maximum absolute atomic E-state index is 12.8. The maximum atomic E-state index is 12.8. The van der Waals surface area contributed by atoms with Crippen molar-refractivity contribution in [3.8, 4) is 11.3 Å². The molecule has 2 aromatic heterocycles. The number of carbonyl (C=O) groups excluding carboxylic acids is 1. The Bertz CT molecular complexity index is 907. The van der Waals surface area contributed by atoms with Crippen molar-refractivity contribution in [3.63, 3.8) is 0 Å². The molecule has 3 aromatic rings. The number of aromatic nitrogens is 3. The summed E-state index contributed by atoms with van der Waals surface area (Å²) in [7, 11) is 0. The van der Waals surface area contributed by atoms with Crippen LogP contribution >= 0.6 is 11.6 Å². The first-order chi connectivity index (χ1) is 13.2. The summed E-state index contributed by atoms with van der Waals surface area (Å²) in [5.74, 6) is 0.00844. The second-order valence-corrected chi connectivity index (χ2v) is 6.75. The summed E-state index contributed by atoms with van der Waals surface area (Å²) >= 11 is 5.95. The molecule has 27 heavy (non-hydrogen) atoms. The third-order valence-corrected chi connectivity index (χ3v) is 4.88. The van der Waals surface area contributed by atoms with Crippen LogP contribution in [0.15, 0.2) is 61.3 Å². The Morgan fingerprint density at radius 2 is 1.59 bits per heavy atom. The van der Waals surface area contributed by atoms with Crippen LogP contribution < -0.4 is 4.90 Å². The molecule has 1 fully saturated rings. The smallest absolute Gasteiger partial charge is 0.255 e. The fourth-order valence-electron chi connectivity index (χ4n) is 3.12. The van der Waals surface area contributed by atoms with Gasteiger partial charge in [0.05, 0.1) is 11.3 Å². The van der Waals surface area contributed by atoms with Crippen molar-refractivity contribution in [2.45, 2.75) is 0 Å². The maximum Gasteiger partial charge on any atom is 0.255 e. The largest absolute Gasteiger partial charge is 0.368 e. The number of pyridine rings is 1. The van der Waals surface area contributed by atoms with Gasteiger partial charge in [0.2, 0.25) is 0 Å². The molecule has 3 heterocycles. The van der Waals surface area contributed by atoms with Gasteiger partial charge in [0.25, 0.3) is 5.91 Å². The first-order valence-corrected chi connectivity index (χ1v) is 9.10. The lowest BCUT2D eigenvalue weighted by Gasteiger charge is -2.36. The molecule has 0 N–H and O–H groups in total. The Labute approximate surface area is 162 Å². The molecule has 0 spiro atoms. The monoisotopic (exact) mass is 379 g/mol. The van der Waals surface area contributed by atoms with Gasteiger partial charge in [-0.15, -0.1) is 0 Å². The highest BCUT2D eigenvalue weighted by atomic mass is 35.5. The van der Waals surface area contributed by atoms with Crippen molar-refractivity contribution in [1.29, 1.82) is 0 Å². The lowest BCUT2D eigenvalue weighted by Crippen LogP contribution is -2.48. The van der Waals surface area contributed by atoms with Crippen molar-refractivity contribution in [2.24, 2.45) is 0 Å². The third kappa shape index (κ3) is 3.90. The van der Waals surface area contributed by atoms with Gasteiger partial charge in [0.1, 0.15) is 6.33 Å². The number of rotatable bonds is 3. The average molecular weight is 380 g/mol. The molecule has 7 heteroatoms. The van der Waals surface area contributed by atoms with Crippen LogP contribution in [0.2, 0.25) is 5.02 Å². The number of hydrogen-bond acceptors (Lipinski definition) is 5. The third-order valence-electron chi connectivity index (χ3n) is 4.63. The number of anilines is 1. The Morgan fingerprint density at radius 1 is 0.889 bits per heavy atom. The van der Waals surface area contributed by atoms with Crippen LogP contribution in [-0.4, -0.2) is 51.9 Å². The van der Waals surface area contributed by atoms with E-state index in [1.807, 2.05) is 41.3 Å². The number of benzene rings is 1. The average Bonchev–Trinajstić information content (AvgIpc) is 2.75. The minimum Gasteiger partial charge on any atom is -0.368 e. The molecular weight excluding hydrogens is 362 g/mol. The van der Waals surface area contributed by atoms with E-state index in [4.69, 9.17) is 11.6 Å². The number of piperazine rings is 1. The minimum atomic E-state index is 0.00844. The van der Waals surface area contributed by atoms with E-state index < -0.39 is 0 Å². The molecule has 4 rings (SSSR count). The van der Waals surface area contributed by atoms with Crippen LogP contribution in [0.1, 0.15) is 10.4 Å². The second-order valence-electron chi connectivity index (χ2n) is 6.31. The van der Waals surface area contributed by atoms with E-state index in [-0.39, 0.29) is 5.91 Å². The predicted octanol–water partition coefficient (Wildman–Crippen LogP) is 3.15. The molecule has 1 aliphatic heterocycles. The SMILES string of the molecule is O=C(c1ccc(-c2cncnc2)nc1)N1CCN(c2ccc(Cl)cc2)CC1. The van der Waals surface area contributed by atoms with Crippen molar-refractivity contribution in [2.75, 3.05) is 31.1 Å². The second kappa shape index (κ2) is 7.72. The van der Waals surface area contributed by atoms with Crippen LogP contribution in [0.5, 0.6) is 0 Å². The molecule has 0 radical (unpaired) electrons. The number of halogens is 1. The summed E-state index contributed by atoms with van der Waals surface area (Å²) in [4.78, 5) is 29.3. The normalized spacial score (nSPS) is 14.3. The molecule has 6 nitrogen and oxygen atoms in total. The zero-order chi connectivity index (χ0) is 18.6. The van der Waals surface area contributed by atoms with Crippen molar-refractivity contribution in [1.82, 2.24) is 19.9 Å². The lowest BCUT2D eigenvalue weighted by molar-refractivity contribution is 0.0746. The minimum absolute atomic E-state index is 0.00844. The van der Waals surface area contributed by atoms with E-state index in [0.717, 1.165) is 35.1 Å². The lowest BCUT2D eigenvalue weighted by atomic mass is 10.1. The van der Waals surface area contributed by atoms with Gasteiger partial charge in [-0.25, -0.2) is 9.97 Å². The van der Waals surface area contributed by atoms with Gasteiger partial charge in [-0.05, 0) is 36.4 Å². The van der Waals surface area contributed by atoms with Gasteiger partial charge in [0, 0.05) is 61.0 Å². The Kier molecular flexibility index (Phi) is 4.98. The number of amides is 1. The molecule has 0 aliphatic carbocycles. The standard InChI is InChI=1S/C20H18ClN5O/c21-17-2-4-18(5-3-17)25-7-9-26(10-8-25)20(27)15-1-6-19(24-13-15)16-11-22-14-23-12-16/h1-6,11-14H,7-10H2. The summed E-state index contributed by atoms with van der Waals surface area (Å²) in [5.41, 5.74) is 3.30. The zero-order valence-corrected chi connectivity index (χ0v) is 15.4. The highest BCUT2D eigenvalue weighted by Crippen LogP contribution is 2.20. The molecule has 136 valence electrons. The number of carbonyl (C=O) groups is 1. The first kappa shape index (κ1) is 17.4. The number of nitrogens with zero attached hydrogens (tertiary/aromatic N) is 5. The summed E-state index contributed by atoms with van der Waals surface area (Å²) in [6, 6.07) is 11.4. The summed E-state index contributed by atoms with van der Waals surface area (Å²) < 4.78 is 0. The Hall–Kier alpha value is -2.99. The van der Waals surface area contributed by atoms with Gasteiger partial charge in [-0.3, -0.25) is 9.78 Å². The van der Waals surface area contributed by atoms with Crippen LogP contribution in [0, 0.1) is 0 Å². The van der Waals surface area contributed by atoms with Crippen LogP contribution in [0.25, 0.3) is 11.3 Å². The van der Waals surface area contributed by atoms with Gasteiger partial charge in [-0.1, -0.05) is 11.6 Å². The predicted molar refractivity (Wildman–Crippen MR) is 105 cm³/mol. The molecule has 1 amide bonds. The van der Waals surface area contributed by atoms with Gasteiger partial charge in [0.15, 0.2) is 0 Å². The van der Waals surface area contributed by atoms with E-state index in [1.165, 1.54) is 6.33 Å². The van der Waals surface area contributed by atoms with E-state index in [9.17, 15) is 4.79 Å². The molecule has 0 bridgehead atoms. The molecule has 0 saturated carbocycles. The van der Waals surface area contributed by atoms with E-state index >= 15 is 0 Å². The quantitative estimate of drug-likeness (QED) is 0.699. The topological polar surface area (TPSA) is 62.2 Å². The van der Waals surface area contributed by atoms with Crippen molar-refractivity contribution in [3.05, 3.63) is 71.9 Å². The van der Waals surface area contributed by atoms with Crippen molar-refractivity contribution >= 4 is 23.2 Å². The fourth-order valence-corrected chi connectivity index (χ4v) is 3.25. The van der Waals surface area contributed by atoms with Gasteiger partial charge in [-0.2, -0.15) is 0 Å². The van der Waals surface area contributed by atoms with E-state index in [2.05, 4.69) is 19.9 Å². The van der Waals surface area contributed by atoms with E-state index in [1.54, 1.807) is 18.6 Å². The van der Waals surface area contributed by atoms with Crippen LogP contribution in [0.3, 0.4) is 0 Å². The molecule has 1 aliphatic rings. The van der Waals surface area contributed by atoms with Gasteiger partial charge >= 0.3 is 0 Å². The summed E-state index contributed by atoms with van der Waals surface area (Å²) in [6.45, 7) is 2.94. The molecule has 1 aromatic carbocycles. The molecular formula is C20H18ClN5O.